The van der Waals surface area contributed by atoms with E-state index < -0.39 is 0 Å². The van der Waals surface area contributed by atoms with Crippen molar-refractivity contribution in [2.24, 2.45) is 0 Å². The van der Waals surface area contributed by atoms with Crippen LogP contribution < -0.4 is 5.32 Å². The quantitative estimate of drug-likeness (QED) is 0.782. The Kier molecular flexibility index (Phi) is 2.38. The van der Waals surface area contributed by atoms with Gasteiger partial charge in [0.2, 0.25) is 5.82 Å². The van der Waals surface area contributed by atoms with Crippen LogP contribution in [0.25, 0.3) is 11.4 Å². The number of aromatic amines is 1. The normalized spacial score (nSPS) is 20.1. The lowest BCUT2D eigenvalue weighted by atomic mass is 9.96. The Bertz CT molecular complexity index is 459. The molecule has 16 heavy (non-hydrogen) atoms. The first kappa shape index (κ1) is 9.47. The molecule has 1 unspecified atom stereocenters. The number of nitrogens with zero attached hydrogens (tertiary/aromatic N) is 3. The van der Waals surface area contributed by atoms with Crippen molar-refractivity contribution in [3.8, 4) is 11.4 Å². The van der Waals surface area contributed by atoms with Crippen molar-refractivity contribution < 1.29 is 0 Å². The molecule has 0 amide bonds. The van der Waals surface area contributed by atoms with Gasteiger partial charge in [0.25, 0.3) is 0 Å². The minimum atomic E-state index is 0.617. The number of aromatic nitrogens is 4. The molecule has 1 saturated heterocycles. The van der Waals surface area contributed by atoms with Crippen LogP contribution in [-0.4, -0.2) is 33.7 Å². The molecule has 3 rings (SSSR count). The fraction of sp³-hybridized carbons (Fsp3) is 0.364. The van der Waals surface area contributed by atoms with Gasteiger partial charge in [-0.1, -0.05) is 18.2 Å². The predicted molar refractivity (Wildman–Crippen MR) is 59.8 cm³/mol. The third kappa shape index (κ3) is 1.69. The van der Waals surface area contributed by atoms with Gasteiger partial charge in [-0.2, -0.15) is 5.21 Å². The minimum absolute atomic E-state index is 0.617. The molecular formula is C11H13N5. The highest BCUT2D eigenvalue weighted by atomic mass is 15.5. The van der Waals surface area contributed by atoms with Crippen molar-refractivity contribution in [3.63, 3.8) is 0 Å². The van der Waals surface area contributed by atoms with Gasteiger partial charge in [0.1, 0.15) is 0 Å². The van der Waals surface area contributed by atoms with E-state index in [4.69, 9.17) is 0 Å². The topological polar surface area (TPSA) is 66.5 Å². The van der Waals surface area contributed by atoms with Gasteiger partial charge in [-0.15, -0.1) is 10.2 Å². The molecule has 0 spiro atoms. The first-order chi connectivity index (χ1) is 7.93. The van der Waals surface area contributed by atoms with Crippen molar-refractivity contribution in [2.45, 2.75) is 12.3 Å². The van der Waals surface area contributed by atoms with Crippen LogP contribution in [0.3, 0.4) is 0 Å². The van der Waals surface area contributed by atoms with Gasteiger partial charge in [-0.3, -0.25) is 0 Å². The van der Waals surface area contributed by atoms with Gasteiger partial charge in [0.15, 0.2) is 0 Å². The zero-order valence-electron chi connectivity index (χ0n) is 8.85. The van der Waals surface area contributed by atoms with E-state index in [1.165, 1.54) is 12.0 Å². The van der Waals surface area contributed by atoms with Crippen LogP contribution >= 0.6 is 0 Å². The SMILES string of the molecule is c1cc(-c2nn[nH]n2)cc(C2CCNC2)c1. The Morgan fingerprint density at radius 2 is 2.31 bits per heavy atom. The lowest BCUT2D eigenvalue weighted by molar-refractivity contribution is 0.763. The van der Waals surface area contributed by atoms with Gasteiger partial charge < -0.3 is 5.32 Å². The van der Waals surface area contributed by atoms with E-state index in [2.05, 4.69) is 44.1 Å². The Morgan fingerprint density at radius 1 is 1.31 bits per heavy atom. The van der Waals surface area contributed by atoms with E-state index in [0.717, 1.165) is 18.7 Å². The van der Waals surface area contributed by atoms with E-state index in [1.807, 2.05) is 6.07 Å². The third-order valence-electron chi connectivity index (χ3n) is 3.02. The molecule has 1 fully saturated rings. The number of rotatable bonds is 2. The molecule has 1 aliphatic heterocycles. The number of benzene rings is 1. The number of tetrazole rings is 1. The van der Waals surface area contributed by atoms with Crippen LogP contribution in [-0.2, 0) is 0 Å². The smallest absolute Gasteiger partial charge is 0.204 e. The van der Waals surface area contributed by atoms with Crippen molar-refractivity contribution in [1.82, 2.24) is 25.9 Å². The molecule has 0 saturated carbocycles. The van der Waals surface area contributed by atoms with Crippen LogP contribution in [0.15, 0.2) is 24.3 Å². The van der Waals surface area contributed by atoms with E-state index in [9.17, 15) is 0 Å². The molecule has 2 heterocycles. The Labute approximate surface area is 93.3 Å². The lowest BCUT2D eigenvalue weighted by Crippen LogP contribution is -2.07. The maximum Gasteiger partial charge on any atom is 0.204 e. The van der Waals surface area contributed by atoms with Gasteiger partial charge in [0.05, 0.1) is 0 Å². The molecule has 2 N–H and O–H groups in total. The molecule has 0 aliphatic carbocycles. The molecular weight excluding hydrogens is 202 g/mol. The number of H-pyrrole nitrogens is 1. The molecule has 5 heteroatoms. The average Bonchev–Trinajstić information content (AvgIpc) is 3.03. The summed E-state index contributed by atoms with van der Waals surface area (Å²) in [6, 6.07) is 8.39. The molecule has 82 valence electrons. The average molecular weight is 215 g/mol. The van der Waals surface area contributed by atoms with Crippen LogP contribution in [0, 0.1) is 0 Å². The standard InChI is InChI=1S/C11H13N5/c1-2-8(10-4-5-12-7-10)6-9(3-1)11-13-15-16-14-11/h1-3,6,10,12H,4-5,7H2,(H,13,14,15,16). The molecule has 1 atom stereocenters. The van der Waals surface area contributed by atoms with E-state index in [0.29, 0.717) is 11.7 Å². The van der Waals surface area contributed by atoms with Crippen molar-refractivity contribution in [1.29, 1.82) is 0 Å². The summed E-state index contributed by atoms with van der Waals surface area (Å²) >= 11 is 0. The zero-order chi connectivity index (χ0) is 10.8. The number of hydrogen-bond acceptors (Lipinski definition) is 4. The van der Waals surface area contributed by atoms with Gasteiger partial charge in [0, 0.05) is 12.1 Å². The van der Waals surface area contributed by atoms with Gasteiger partial charge in [-0.25, -0.2) is 0 Å². The van der Waals surface area contributed by atoms with Crippen molar-refractivity contribution in [3.05, 3.63) is 29.8 Å². The maximum atomic E-state index is 3.99. The molecule has 1 aromatic heterocycles. The number of nitrogens with one attached hydrogen (secondary N) is 2. The summed E-state index contributed by atoms with van der Waals surface area (Å²) in [6.45, 7) is 2.17. The first-order valence-corrected chi connectivity index (χ1v) is 5.48. The van der Waals surface area contributed by atoms with Crippen molar-refractivity contribution in [2.75, 3.05) is 13.1 Å². The minimum Gasteiger partial charge on any atom is -0.316 e. The fourth-order valence-corrected chi connectivity index (χ4v) is 2.15. The first-order valence-electron chi connectivity index (χ1n) is 5.48. The Hall–Kier alpha value is -1.75. The third-order valence-corrected chi connectivity index (χ3v) is 3.02. The largest absolute Gasteiger partial charge is 0.316 e. The van der Waals surface area contributed by atoms with Crippen LogP contribution in [0.5, 0.6) is 0 Å². The zero-order valence-corrected chi connectivity index (χ0v) is 8.85. The monoisotopic (exact) mass is 215 g/mol. The number of hydrogen-bond donors (Lipinski definition) is 2. The molecule has 2 aromatic rings. The van der Waals surface area contributed by atoms with E-state index in [1.54, 1.807) is 0 Å². The van der Waals surface area contributed by atoms with Crippen LogP contribution in [0.4, 0.5) is 0 Å². The summed E-state index contributed by atoms with van der Waals surface area (Å²) in [6.07, 6.45) is 1.20. The highest BCUT2D eigenvalue weighted by Gasteiger charge is 2.17. The lowest BCUT2D eigenvalue weighted by Gasteiger charge is -2.09. The summed E-state index contributed by atoms with van der Waals surface area (Å²) in [5.41, 5.74) is 2.38. The highest BCUT2D eigenvalue weighted by molar-refractivity contribution is 5.55. The summed E-state index contributed by atoms with van der Waals surface area (Å²) in [7, 11) is 0. The summed E-state index contributed by atoms with van der Waals surface area (Å²) in [4.78, 5) is 0. The summed E-state index contributed by atoms with van der Waals surface area (Å²) < 4.78 is 0. The Balaban J connectivity index is 1.93. The molecule has 1 aromatic carbocycles. The fourth-order valence-electron chi connectivity index (χ4n) is 2.15. The second-order valence-electron chi connectivity index (χ2n) is 4.05. The molecule has 0 bridgehead atoms. The summed E-state index contributed by atoms with van der Waals surface area (Å²) in [5, 5.41) is 17.4. The van der Waals surface area contributed by atoms with Crippen LogP contribution in [0.1, 0.15) is 17.9 Å². The molecule has 0 radical (unpaired) electrons. The molecule has 1 aliphatic rings. The van der Waals surface area contributed by atoms with Gasteiger partial charge >= 0.3 is 0 Å². The highest BCUT2D eigenvalue weighted by Crippen LogP contribution is 2.25. The second kappa shape index (κ2) is 4.02. The Morgan fingerprint density at radius 3 is 3.06 bits per heavy atom. The summed E-state index contributed by atoms with van der Waals surface area (Å²) in [5.74, 6) is 1.28. The van der Waals surface area contributed by atoms with Gasteiger partial charge in [-0.05, 0) is 35.7 Å². The van der Waals surface area contributed by atoms with E-state index >= 15 is 0 Å². The van der Waals surface area contributed by atoms with E-state index in [-0.39, 0.29) is 0 Å². The second-order valence-corrected chi connectivity index (χ2v) is 4.05. The maximum absolute atomic E-state index is 3.99. The molecule has 5 nitrogen and oxygen atoms in total. The van der Waals surface area contributed by atoms with Crippen LogP contribution in [0.2, 0.25) is 0 Å². The predicted octanol–water partition coefficient (Wildman–Crippen LogP) is 0.944. The van der Waals surface area contributed by atoms with Crippen molar-refractivity contribution >= 4 is 0 Å².